The fourth-order valence-corrected chi connectivity index (χ4v) is 5.05. The number of benzene rings is 1. The number of sulfone groups is 1. The molecule has 1 aromatic rings. The van der Waals surface area contributed by atoms with Gasteiger partial charge in [0.1, 0.15) is 0 Å². The molecule has 1 aliphatic heterocycles. The summed E-state index contributed by atoms with van der Waals surface area (Å²) in [5.41, 5.74) is 0. The van der Waals surface area contributed by atoms with E-state index in [0.29, 0.717) is 24.5 Å². The molecule has 1 aliphatic rings. The largest absolute Gasteiger partial charge is 0.337 e. The van der Waals surface area contributed by atoms with E-state index in [2.05, 4.69) is 24.1 Å². The highest BCUT2D eigenvalue weighted by molar-refractivity contribution is 7.91. The first-order chi connectivity index (χ1) is 12.5. The first-order valence-corrected chi connectivity index (χ1v) is 11.1. The van der Waals surface area contributed by atoms with Crippen LogP contribution in [-0.4, -0.2) is 69.3 Å². The van der Waals surface area contributed by atoms with E-state index in [1.807, 2.05) is 6.07 Å². The molecule has 0 bridgehead atoms. The SMILES string of the molecule is CCN(CC)CCNC(=O)N1CCCC(CS(=O)(=O)c2ccccc2)C1. The van der Waals surface area contributed by atoms with Crippen molar-refractivity contribution in [1.82, 2.24) is 15.1 Å². The van der Waals surface area contributed by atoms with Gasteiger partial charge in [-0.05, 0) is 44.0 Å². The fourth-order valence-electron chi connectivity index (χ4n) is 3.39. The van der Waals surface area contributed by atoms with Gasteiger partial charge in [-0.2, -0.15) is 0 Å². The fraction of sp³-hybridized carbons (Fsp3) is 0.632. The van der Waals surface area contributed by atoms with Crippen LogP contribution < -0.4 is 5.32 Å². The lowest BCUT2D eigenvalue weighted by Gasteiger charge is -2.33. The molecule has 1 heterocycles. The highest BCUT2D eigenvalue weighted by Crippen LogP contribution is 2.21. The van der Waals surface area contributed by atoms with Crippen LogP contribution in [0.2, 0.25) is 0 Å². The Hall–Kier alpha value is -1.60. The monoisotopic (exact) mass is 381 g/mol. The van der Waals surface area contributed by atoms with Gasteiger partial charge in [-0.15, -0.1) is 0 Å². The number of likely N-dealkylation sites (tertiary alicyclic amines) is 1. The molecule has 1 atom stereocenters. The Kier molecular flexibility index (Phi) is 7.90. The Bertz CT molecular complexity index is 660. The first kappa shape index (κ1) is 20.7. The van der Waals surface area contributed by atoms with Crippen molar-refractivity contribution in [3.63, 3.8) is 0 Å². The molecule has 0 spiro atoms. The van der Waals surface area contributed by atoms with Crippen molar-refractivity contribution in [1.29, 1.82) is 0 Å². The second kappa shape index (κ2) is 9.92. The Morgan fingerprint density at radius 1 is 1.23 bits per heavy atom. The Morgan fingerprint density at radius 2 is 1.92 bits per heavy atom. The van der Waals surface area contributed by atoms with Crippen molar-refractivity contribution in [3.8, 4) is 0 Å². The average Bonchev–Trinajstić information content (AvgIpc) is 2.65. The van der Waals surface area contributed by atoms with Crippen molar-refractivity contribution in [3.05, 3.63) is 30.3 Å². The molecule has 146 valence electrons. The lowest BCUT2D eigenvalue weighted by atomic mass is 10.0. The van der Waals surface area contributed by atoms with E-state index in [1.165, 1.54) is 0 Å². The van der Waals surface area contributed by atoms with E-state index in [-0.39, 0.29) is 17.7 Å². The van der Waals surface area contributed by atoms with Crippen LogP contribution in [0.15, 0.2) is 35.2 Å². The van der Waals surface area contributed by atoms with Gasteiger partial charge in [0.05, 0.1) is 10.6 Å². The van der Waals surface area contributed by atoms with Crippen molar-refractivity contribution < 1.29 is 13.2 Å². The molecular formula is C19H31N3O3S. The standard InChI is InChI=1S/C19H31N3O3S/c1-3-21(4-2)14-12-20-19(23)22-13-8-9-17(15-22)16-26(24,25)18-10-6-5-7-11-18/h5-7,10-11,17H,3-4,8-9,12-16H2,1-2H3,(H,20,23). The molecule has 1 unspecified atom stereocenters. The maximum Gasteiger partial charge on any atom is 0.317 e. The number of piperidine rings is 1. The van der Waals surface area contributed by atoms with E-state index in [0.717, 1.165) is 32.5 Å². The van der Waals surface area contributed by atoms with Gasteiger partial charge in [0.2, 0.25) is 0 Å². The molecule has 2 rings (SSSR count). The Morgan fingerprint density at radius 3 is 2.58 bits per heavy atom. The highest BCUT2D eigenvalue weighted by Gasteiger charge is 2.28. The average molecular weight is 382 g/mol. The van der Waals surface area contributed by atoms with Gasteiger partial charge in [-0.25, -0.2) is 13.2 Å². The summed E-state index contributed by atoms with van der Waals surface area (Å²) in [5, 5.41) is 2.96. The molecule has 0 aromatic heterocycles. The van der Waals surface area contributed by atoms with Gasteiger partial charge in [-0.1, -0.05) is 32.0 Å². The number of likely N-dealkylation sites (N-methyl/N-ethyl adjacent to an activating group) is 1. The molecule has 7 heteroatoms. The number of amides is 2. The number of hydrogen-bond acceptors (Lipinski definition) is 4. The van der Waals surface area contributed by atoms with Crippen molar-refractivity contribution in [2.24, 2.45) is 5.92 Å². The third kappa shape index (κ3) is 5.99. The van der Waals surface area contributed by atoms with Crippen LogP contribution in [0.25, 0.3) is 0 Å². The molecule has 1 saturated heterocycles. The molecule has 0 aliphatic carbocycles. The second-order valence-electron chi connectivity index (χ2n) is 6.81. The zero-order valence-electron chi connectivity index (χ0n) is 15.9. The third-order valence-electron chi connectivity index (χ3n) is 4.96. The summed E-state index contributed by atoms with van der Waals surface area (Å²) in [5.74, 6) is 0.0859. The topological polar surface area (TPSA) is 69.7 Å². The Balaban J connectivity index is 1.85. The number of nitrogens with one attached hydrogen (secondary N) is 1. The van der Waals surface area contributed by atoms with E-state index in [9.17, 15) is 13.2 Å². The van der Waals surface area contributed by atoms with Gasteiger partial charge in [0.15, 0.2) is 9.84 Å². The molecule has 2 amide bonds. The minimum atomic E-state index is -3.31. The smallest absolute Gasteiger partial charge is 0.317 e. The third-order valence-corrected chi connectivity index (χ3v) is 6.86. The van der Waals surface area contributed by atoms with Gasteiger partial charge >= 0.3 is 6.03 Å². The number of hydrogen-bond donors (Lipinski definition) is 1. The lowest BCUT2D eigenvalue weighted by Crippen LogP contribution is -2.48. The Labute approximate surface area is 157 Å². The highest BCUT2D eigenvalue weighted by atomic mass is 32.2. The van der Waals surface area contributed by atoms with E-state index in [4.69, 9.17) is 0 Å². The number of urea groups is 1. The van der Waals surface area contributed by atoms with Crippen LogP contribution >= 0.6 is 0 Å². The van der Waals surface area contributed by atoms with E-state index < -0.39 is 9.84 Å². The van der Waals surface area contributed by atoms with Gasteiger partial charge < -0.3 is 15.1 Å². The summed E-state index contributed by atoms with van der Waals surface area (Å²) < 4.78 is 25.1. The molecule has 6 nitrogen and oxygen atoms in total. The molecule has 26 heavy (non-hydrogen) atoms. The normalized spacial score (nSPS) is 18.1. The lowest BCUT2D eigenvalue weighted by molar-refractivity contribution is 0.168. The molecule has 0 radical (unpaired) electrons. The number of carbonyl (C=O) groups excluding carboxylic acids is 1. The van der Waals surface area contributed by atoms with Crippen LogP contribution in [0.5, 0.6) is 0 Å². The maximum atomic E-state index is 12.6. The molecule has 1 fully saturated rings. The van der Waals surface area contributed by atoms with Gasteiger partial charge in [0.25, 0.3) is 0 Å². The van der Waals surface area contributed by atoms with Crippen LogP contribution in [0.4, 0.5) is 4.79 Å². The quantitative estimate of drug-likeness (QED) is 0.750. The van der Waals surface area contributed by atoms with Crippen molar-refractivity contribution in [2.45, 2.75) is 31.6 Å². The summed E-state index contributed by atoms with van der Waals surface area (Å²) in [6.07, 6.45) is 1.69. The van der Waals surface area contributed by atoms with E-state index in [1.54, 1.807) is 29.2 Å². The van der Waals surface area contributed by atoms with Crippen molar-refractivity contribution >= 4 is 15.9 Å². The predicted octanol–water partition coefficient (Wildman–Crippen LogP) is 2.22. The molecule has 1 aromatic carbocycles. The summed E-state index contributed by atoms with van der Waals surface area (Å²) in [6, 6.07) is 8.47. The summed E-state index contributed by atoms with van der Waals surface area (Å²) in [4.78, 5) is 16.8. The molecule has 1 N–H and O–H groups in total. The van der Waals surface area contributed by atoms with Gasteiger partial charge in [0, 0.05) is 26.2 Å². The zero-order valence-corrected chi connectivity index (χ0v) is 16.7. The van der Waals surface area contributed by atoms with Crippen LogP contribution in [-0.2, 0) is 9.84 Å². The molecule has 0 saturated carbocycles. The summed E-state index contributed by atoms with van der Waals surface area (Å²) in [7, 11) is -3.31. The van der Waals surface area contributed by atoms with E-state index >= 15 is 0 Å². The maximum absolute atomic E-state index is 12.6. The zero-order chi connectivity index (χ0) is 19.0. The number of carbonyl (C=O) groups is 1. The first-order valence-electron chi connectivity index (χ1n) is 9.49. The van der Waals surface area contributed by atoms with Gasteiger partial charge in [-0.3, -0.25) is 0 Å². The van der Waals surface area contributed by atoms with Crippen molar-refractivity contribution in [2.75, 3.05) is 45.0 Å². The second-order valence-corrected chi connectivity index (χ2v) is 8.84. The summed E-state index contributed by atoms with van der Waals surface area (Å²) >= 11 is 0. The molecular weight excluding hydrogens is 350 g/mol. The summed E-state index contributed by atoms with van der Waals surface area (Å²) in [6.45, 7) is 8.79. The number of rotatable bonds is 8. The van der Waals surface area contributed by atoms with Crippen LogP contribution in [0.1, 0.15) is 26.7 Å². The minimum absolute atomic E-state index is 0.0116. The predicted molar refractivity (Wildman–Crippen MR) is 104 cm³/mol. The minimum Gasteiger partial charge on any atom is -0.337 e. The van der Waals surface area contributed by atoms with Crippen LogP contribution in [0, 0.1) is 5.92 Å². The number of nitrogens with zero attached hydrogens (tertiary/aromatic N) is 2. The van der Waals surface area contributed by atoms with Crippen LogP contribution in [0.3, 0.4) is 0 Å².